The van der Waals surface area contributed by atoms with Crippen LogP contribution in [0.3, 0.4) is 0 Å². The third-order valence-electron chi connectivity index (χ3n) is 4.17. The highest BCUT2D eigenvalue weighted by Gasteiger charge is 2.65. The monoisotopic (exact) mass is 437 g/mol. The third-order valence-corrected chi connectivity index (χ3v) is 5.33. The summed E-state index contributed by atoms with van der Waals surface area (Å²) in [6.07, 6.45) is 3.13. The number of nitrogens with one attached hydrogen (secondary N) is 1. The van der Waals surface area contributed by atoms with Crippen molar-refractivity contribution in [2.24, 2.45) is 0 Å². The van der Waals surface area contributed by atoms with Crippen LogP contribution in [-0.4, -0.2) is 5.91 Å². The lowest BCUT2D eigenvalue weighted by molar-refractivity contribution is -0.116. The Bertz CT molecular complexity index is 833. The van der Waals surface area contributed by atoms with Crippen molar-refractivity contribution in [2.75, 3.05) is 5.32 Å². The fourth-order valence-corrected chi connectivity index (χ4v) is 3.31. The van der Waals surface area contributed by atoms with E-state index >= 15 is 0 Å². The highest BCUT2D eigenvalue weighted by molar-refractivity contribution is 8.45. The summed E-state index contributed by atoms with van der Waals surface area (Å²) in [5.41, 5.74) is 4.05. The lowest BCUT2D eigenvalue weighted by atomic mass is 10.1. The molecule has 0 aliphatic carbocycles. The normalized spacial score (nSPS) is 15.7. The Balaban J connectivity index is 0.000000268. The Labute approximate surface area is 169 Å². The number of hydrogen-bond donors (Lipinski definition) is 1. The number of halogens is 5. The third kappa shape index (κ3) is 8.04. The molecule has 8 heteroatoms. The van der Waals surface area contributed by atoms with E-state index in [2.05, 4.69) is 17.4 Å². The smallest absolute Gasteiger partial charge is 0.310 e. The molecule has 0 radical (unpaired) electrons. The van der Waals surface area contributed by atoms with Gasteiger partial charge in [0.1, 0.15) is 4.90 Å². The zero-order valence-corrected chi connectivity index (χ0v) is 17.9. The van der Waals surface area contributed by atoms with E-state index in [4.69, 9.17) is 0 Å². The van der Waals surface area contributed by atoms with Crippen molar-refractivity contribution in [3.63, 3.8) is 0 Å². The lowest BCUT2D eigenvalue weighted by Gasteiger charge is -2.40. The van der Waals surface area contributed by atoms with Crippen LogP contribution in [0.15, 0.2) is 47.4 Å². The highest BCUT2D eigenvalue weighted by atomic mass is 32.5. The Hall–Kier alpha value is -2.09. The first-order valence-electron chi connectivity index (χ1n) is 9.51. The molecule has 3 rings (SSSR count). The van der Waals surface area contributed by atoms with Crippen LogP contribution in [0.1, 0.15) is 50.3 Å². The number of carbonyl (C=O) groups is 1. The molecule has 1 aliphatic rings. The van der Waals surface area contributed by atoms with Crippen LogP contribution >= 0.6 is 10.2 Å². The van der Waals surface area contributed by atoms with Crippen molar-refractivity contribution in [2.45, 2.75) is 58.3 Å². The molecule has 2 aromatic carbocycles. The summed E-state index contributed by atoms with van der Waals surface area (Å²) in [4.78, 5) is 9.41. The first kappa shape index (κ1) is 24.9. The van der Waals surface area contributed by atoms with Gasteiger partial charge in [0, 0.05) is 12.1 Å². The van der Waals surface area contributed by atoms with Crippen molar-refractivity contribution in [3.05, 3.63) is 59.2 Å². The standard InChI is InChI=1S/C11H13NO.C8H9F5S.C2H6/c1-8-5-6-9-3-2-4-11(13)12-10(9)7-8;1-2-7-3-5-8(6-4-7)14(9,10,11,12)13;1-2/h5-7H,2-4H2,1H3,(H,12,13);3-6H,2H2,1H3;1-2H3. The summed E-state index contributed by atoms with van der Waals surface area (Å²) in [6.45, 7) is 7.77. The van der Waals surface area contributed by atoms with Crippen LogP contribution in [-0.2, 0) is 17.6 Å². The van der Waals surface area contributed by atoms with Crippen LogP contribution in [0.5, 0.6) is 0 Å². The van der Waals surface area contributed by atoms with Gasteiger partial charge in [0.05, 0.1) is 0 Å². The van der Waals surface area contributed by atoms with Gasteiger partial charge in [-0.3, -0.25) is 4.79 Å². The van der Waals surface area contributed by atoms with E-state index in [0.717, 1.165) is 30.7 Å². The maximum absolute atomic E-state index is 12.2. The average Bonchev–Trinajstić information content (AvgIpc) is 2.82. The minimum Gasteiger partial charge on any atom is -0.326 e. The number of carbonyl (C=O) groups excluding carboxylic acids is 1. The van der Waals surface area contributed by atoms with Gasteiger partial charge in [-0.1, -0.05) is 64.5 Å². The maximum atomic E-state index is 12.2. The predicted octanol–water partition coefficient (Wildman–Crippen LogP) is 8.20. The fraction of sp³-hybridized carbons (Fsp3) is 0.381. The Morgan fingerprint density at radius 2 is 1.52 bits per heavy atom. The van der Waals surface area contributed by atoms with Crippen molar-refractivity contribution in [1.29, 1.82) is 0 Å². The van der Waals surface area contributed by atoms with Gasteiger partial charge in [-0.2, -0.15) is 0 Å². The van der Waals surface area contributed by atoms with Gasteiger partial charge in [0.25, 0.3) is 0 Å². The second kappa shape index (κ2) is 8.73. The minimum absolute atomic E-state index is 0.143. The summed E-state index contributed by atoms with van der Waals surface area (Å²) >= 11 is 0. The molecule has 1 amide bonds. The van der Waals surface area contributed by atoms with Crippen LogP contribution in [0, 0.1) is 6.92 Å². The number of benzene rings is 2. The first-order chi connectivity index (χ1) is 13.3. The molecule has 1 N–H and O–H groups in total. The largest absolute Gasteiger partial charge is 0.326 e. The lowest BCUT2D eigenvalue weighted by Crippen LogP contribution is -2.09. The van der Waals surface area contributed by atoms with Crippen LogP contribution in [0.25, 0.3) is 0 Å². The number of hydrogen-bond acceptors (Lipinski definition) is 1. The Morgan fingerprint density at radius 1 is 0.931 bits per heavy atom. The molecule has 0 bridgehead atoms. The van der Waals surface area contributed by atoms with E-state index < -0.39 is 15.1 Å². The van der Waals surface area contributed by atoms with Gasteiger partial charge in [0.2, 0.25) is 5.91 Å². The molecule has 29 heavy (non-hydrogen) atoms. The molecule has 164 valence electrons. The van der Waals surface area contributed by atoms with E-state index in [9.17, 15) is 24.2 Å². The topological polar surface area (TPSA) is 29.1 Å². The molecule has 0 saturated carbocycles. The molecular weight excluding hydrogens is 409 g/mol. The van der Waals surface area contributed by atoms with E-state index in [0.29, 0.717) is 30.5 Å². The van der Waals surface area contributed by atoms with Gasteiger partial charge < -0.3 is 5.32 Å². The Kier molecular flexibility index (Phi) is 7.51. The van der Waals surface area contributed by atoms with Gasteiger partial charge in [-0.05, 0) is 61.1 Å². The SMILES string of the molecule is CC.CCc1ccc(S(F)(F)(F)(F)F)cc1.Cc1ccc2c(c1)NC(=O)CCC2. The van der Waals surface area contributed by atoms with E-state index in [1.165, 1.54) is 11.1 Å². The zero-order chi connectivity index (χ0) is 22.4. The maximum Gasteiger partial charge on any atom is 0.310 e. The molecule has 0 atom stereocenters. The molecule has 0 aromatic heterocycles. The van der Waals surface area contributed by atoms with Crippen molar-refractivity contribution < 1.29 is 24.2 Å². The van der Waals surface area contributed by atoms with Crippen molar-refractivity contribution in [3.8, 4) is 0 Å². The van der Waals surface area contributed by atoms with Crippen LogP contribution in [0.4, 0.5) is 25.1 Å². The first-order valence-corrected chi connectivity index (χ1v) is 11.5. The van der Waals surface area contributed by atoms with Crippen molar-refractivity contribution >= 4 is 21.8 Å². The number of rotatable bonds is 2. The summed E-state index contributed by atoms with van der Waals surface area (Å²) in [6, 6.07) is 9.23. The predicted molar refractivity (Wildman–Crippen MR) is 111 cm³/mol. The van der Waals surface area contributed by atoms with Gasteiger partial charge in [-0.25, -0.2) is 0 Å². The molecular formula is C21H28F5NOS. The molecule has 0 spiro atoms. The van der Waals surface area contributed by atoms with E-state index in [-0.39, 0.29) is 5.91 Å². The molecule has 2 nitrogen and oxygen atoms in total. The molecule has 2 aromatic rings. The second-order valence-electron chi connectivity index (χ2n) is 6.53. The van der Waals surface area contributed by atoms with E-state index in [1.54, 1.807) is 6.92 Å². The van der Waals surface area contributed by atoms with Crippen LogP contribution < -0.4 is 5.32 Å². The summed E-state index contributed by atoms with van der Waals surface area (Å²) in [5.74, 6) is 0.143. The number of fused-ring (bicyclic) bond motifs is 1. The number of anilines is 1. The molecule has 0 fully saturated rings. The highest BCUT2D eigenvalue weighted by Crippen LogP contribution is 3.02. The van der Waals surface area contributed by atoms with Crippen molar-refractivity contribution in [1.82, 2.24) is 0 Å². The molecule has 1 heterocycles. The van der Waals surface area contributed by atoms with Gasteiger partial charge in [0.15, 0.2) is 0 Å². The summed E-state index contributed by atoms with van der Waals surface area (Å²) < 4.78 is 60.9. The Morgan fingerprint density at radius 3 is 2.03 bits per heavy atom. The number of aryl methyl sites for hydroxylation is 3. The molecule has 0 saturated heterocycles. The molecule has 1 aliphatic heterocycles. The second-order valence-corrected chi connectivity index (χ2v) is 8.94. The molecule has 0 unspecified atom stereocenters. The minimum atomic E-state index is -9.47. The van der Waals surface area contributed by atoms with Crippen LogP contribution in [0.2, 0.25) is 0 Å². The average molecular weight is 438 g/mol. The van der Waals surface area contributed by atoms with Gasteiger partial charge in [-0.15, -0.1) is 0 Å². The zero-order valence-electron chi connectivity index (χ0n) is 17.1. The fourth-order valence-electron chi connectivity index (χ4n) is 2.66. The van der Waals surface area contributed by atoms with E-state index in [1.807, 2.05) is 26.8 Å². The van der Waals surface area contributed by atoms with Gasteiger partial charge >= 0.3 is 10.2 Å². The number of amides is 1. The summed E-state index contributed by atoms with van der Waals surface area (Å²) in [7, 11) is -9.47. The summed E-state index contributed by atoms with van der Waals surface area (Å²) in [5, 5.41) is 2.92. The quantitative estimate of drug-likeness (QED) is 0.471.